The van der Waals surface area contributed by atoms with Gasteiger partial charge in [0.15, 0.2) is 0 Å². The Bertz CT molecular complexity index is 562. The fourth-order valence-corrected chi connectivity index (χ4v) is 3.00. The summed E-state index contributed by atoms with van der Waals surface area (Å²) in [6.45, 7) is 3.80. The number of rotatable bonds is 7. The van der Waals surface area contributed by atoms with Crippen LogP contribution in [0.1, 0.15) is 37.8 Å². The van der Waals surface area contributed by atoms with Gasteiger partial charge in [0.05, 0.1) is 13.1 Å². The van der Waals surface area contributed by atoms with Crippen LogP contribution in [0.4, 0.5) is 4.39 Å². The molecule has 0 aliphatic carbocycles. The van der Waals surface area contributed by atoms with Crippen LogP contribution in [0.15, 0.2) is 24.3 Å². The highest BCUT2D eigenvalue weighted by Crippen LogP contribution is 2.31. The second kappa shape index (κ2) is 8.78. The number of likely N-dealkylation sites (N-methyl/N-ethyl adjacent to an activating group) is 1. The van der Waals surface area contributed by atoms with E-state index in [1.165, 1.54) is 17.0 Å². The van der Waals surface area contributed by atoms with Gasteiger partial charge in [0, 0.05) is 19.6 Å². The van der Waals surface area contributed by atoms with Gasteiger partial charge in [-0.05, 0) is 43.5 Å². The summed E-state index contributed by atoms with van der Waals surface area (Å²) in [6.07, 6.45) is 2.84. The lowest BCUT2D eigenvalue weighted by Crippen LogP contribution is -2.43. The standard InChI is InChI=1S/C18H26FN3O2/c1-3-10-20-17(23)12-21(2)18(24)13-22-11-4-5-16(22)14-6-8-15(19)9-7-14/h6-9,16H,3-5,10-13H2,1-2H3,(H,20,23). The Kier molecular flexibility index (Phi) is 6.73. The summed E-state index contributed by atoms with van der Waals surface area (Å²) in [5.41, 5.74) is 1.03. The van der Waals surface area contributed by atoms with Crippen LogP contribution >= 0.6 is 0 Å². The van der Waals surface area contributed by atoms with Gasteiger partial charge in [-0.2, -0.15) is 0 Å². The van der Waals surface area contributed by atoms with Crippen molar-refractivity contribution in [1.82, 2.24) is 15.1 Å². The Morgan fingerprint density at radius 2 is 2.04 bits per heavy atom. The highest BCUT2D eigenvalue weighted by molar-refractivity contribution is 5.85. The van der Waals surface area contributed by atoms with Crippen molar-refractivity contribution in [2.24, 2.45) is 0 Å². The summed E-state index contributed by atoms with van der Waals surface area (Å²) in [5, 5.41) is 2.77. The van der Waals surface area contributed by atoms with Crippen LogP contribution in [-0.2, 0) is 9.59 Å². The first-order chi connectivity index (χ1) is 11.5. The van der Waals surface area contributed by atoms with E-state index in [2.05, 4.69) is 10.2 Å². The molecule has 5 nitrogen and oxygen atoms in total. The number of nitrogens with one attached hydrogen (secondary N) is 1. The molecule has 1 aliphatic heterocycles. The second-order valence-electron chi connectivity index (χ2n) is 6.28. The maximum atomic E-state index is 13.1. The number of likely N-dealkylation sites (tertiary alicyclic amines) is 1. The van der Waals surface area contributed by atoms with Gasteiger partial charge in [-0.25, -0.2) is 4.39 Å². The molecular formula is C18H26FN3O2. The Morgan fingerprint density at radius 1 is 1.33 bits per heavy atom. The van der Waals surface area contributed by atoms with E-state index in [-0.39, 0.29) is 36.8 Å². The molecule has 1 N–H and O–H groups in total. The first-order valence-corrected chi connectivity index (χ1v) is 8.51. The number of halogens is 1. The van der Waals surface area contributed by atoms with E-state index in [4.69, 9.17) is 0 Å². The molecule has 0 spiro atoms. The first-order valence-electron chi connectivity index (χ1n) is 8.51. The quantitative estimate of drug-likeness (QED) is 0.829. The molecule has 1 heterocycles. The average Bonchev–Trinajstić information content (AvgIpc) is 3.01. The maximum absolute atomic E-state index is 13.1. The van der Waals surface area contributed by atoms with Gasteiger partial charge in [-0.15, -0.1) is 0 Å². The molecule has 1 fully saturated rings. The molecule has 1 unspecified atom stereocenters. The number of nitrogens with zero attached hydrogens (tertiary/aromatic N) is 2. The summed E-state index contributed by atoms with van der Waals surface area (Å²) in [6, 6.07) is 6.61. The fourth-order valence-electron chi connectivity index (χ4n) is 3.00. The van der Waals surface area contributed by atoms with Crippen LogP contribution in [0.5, 0.6) is 0 Å². The zero-order chi connectivity index (χ0) is 17.5. The molecule has 1 aliphatic rings. The van der Waals surface area contributed by atoms with Gasteiger partial charge in [0.25, 0.3) is 0 Å². The normalized spacial score (nSPS) is 17.7. The van der Waals surface area contributed by atoms with E-state index >= 15 is 0 Å². The average molecular weight is 335 g/mol. The van der Waals surface area contributed by atoms with Gasteiger partial charge in [0.2, 0.25) is 11.8 Å². The van der Waals surface area contributed by atoms with E-state index in [1.807, 2.05) is 6.92 Å². The van der Waals surface area contributed by atoms with Crippen molar-refractivity contribution in [2.75, 3.05) is 33.2 Å². The molecule has 0 bridgehead atoms. The van der Waals surface area contributed by atoms with Crippen LogP contribution in [0, 0.1) is 5.82 Å². The predicted molar refractivity (Wildman–Crippen MR) is 90.9 cm³/mol. The third-order valence-electron chi connectivity index (χ3n) is 4.34. The minimum Gasteiger partial charge on any atom is -0.355 e. The van der Waals surface area contributed by atoms with E-state index in [0.717, 1.165) is 31.4 Å². The summed E-state index contributed by atoms with van der Waals surface area (Å²) in [5.74, 6) is -0.461. The highest BCUT2D eigenvalue weighted by Gasteiger charge is 2.28. The molecule has 0 saturated carbocycles. The Hall–Kier alpha value is -1.95. The van der Waals surface area contributed by atoms with Crippen molar-refractivity contribution in [3.63, 3.8) is 0 Å². The number of benzene rings is 1. The number of hydrogen-bond acceptors (Lipinski definition) is 3. The van der Waals surface area contributed by atoms with Gasteiger partial charge >= 0.3 is 0 Å². The topological polar surface area (TPSA) is 52.7 Å². The molecule has 24 heavy (non-hydrogen) atoms. The fraction of sp³-hybridized carbons (Fsp3) is 0.556. The molecule has 1 saturated heterocycles. The molecular weight excluding hydrogens is 309 g/mol. The van der Waals surface area contributed by atoms with E-state index < -0.39 is 0 Å². The number of carbonyl (C=O) groups is 2. The highest BCUT2D eigenvalue weighted by atomic mass is 19.1. The number of amides is 2. The monoisotopic (exact) mass is 335 g/mol. The van der Waals surface area contributed by atoms with Crippen molar-refractivity contribution >= 4 is 11.8 Å². The largest absolute Gasteiger partial charge is 0.355 e. The van der Waals surface area contributed by atoms with Crippen LogP contribution in [0.3, 0.4) is 0 Å². The van der Waals surface area contributed by atoms with Crippen LogP contribution in [0.2, 0.25) is 0 Å². The van der Waals surface area contributed by atoms with E-state index in [0.29, 0.717) is 6.54 Å². The lowest BCUT2D eigenvalue weighted by molar-refractivity contribution is -0.135. The van der Waals surface area contributed by atoms with E-state index in [1.54, 1.807) is 19.2 Å². The summed E-state index contributed by atoms with van der Waals surface area (Å²) in [4.78, 5) is 27.7. The molecule has 6 heteroatoms. The molecule has 0 radical (unpaired) electrons. The Morgan fingerprint density at radius 3 is 2.71 bits per heavy atom. The van der Waals surface area contributed by atoms with Crippen LogP contribution in [-0.4, -0.2) is 54.8 Å². The summed E-state index contributed by atoms with van der Waals surface area (Å²) < 4.78 is 13.1. The third kappa shape index (κ3) is 5.03. The Labute approximate surface area is 142 Å². The van der Waals surface area contributed by atoms with Crippen molar-refractivity contribution in [2.45, 2.75) is 32.2 Å². The predicted octanol–water partition coefficient (Wildman–Crippen LogP) is 1.95. The molecule has 2 rings (SSSR count). The van der Waals surface area contributed by atoms with Crippen LogP contribution < -0.4 is 5.32 Å². The van der Waals surface area contributed by atoms with Crippen molar-refractivity contribution < 1.29 is 14.0 Å². The Balaban J connectivity index is 1.90. The molecule has 0 aromatic heterocycles. The minimum atomic E-state index is -0.253. The summed E-state index contributed by atoms with van der Waals surface area (Å²) >= 11 is 0. The van der Waals surface area contributed by atoms with Gasteiger partial charge in [-0.3, -0.25) is 14.5 Å². The minimum absolute atomic E-state index is 0.0735. The van der Waals surface area contributed by atoms with Gasteiger partial charge in [0.1, 0.15) is 5.82 Å². The molecule has 132 valence electrons. The first kappa shape index (κ1) is 18.4. The molecule has 2 amide bonds. The third-order valence-corrected chi connectivity index (χ3v) is 4.34. The zero-order valence-corrected chi connectivity index (χ0v) is 14.4. The van der Waals surface area contributed by atoms with Crippen molar-refractivity contribution in [3.05, 3.63) is 35.6 Å². The zero-order valence-electron chi connectivity index (χ0n) is 14.4. The van der Waals surface area contributed by atoms with Crippen LogP contribution in [0.25, 0.3) is 0 Å². The van der Waals surface area contributed by atoms with E-state index in [9.17, 15) is 14.0 Å². The number of hydrogen-bond donors (Lipinski definition) is 1. The number of carbonyl (C=O) groups excluding carboxylic acids is 2. The van der Waals surface area contributed by atoms with Gasteiger partial charge in [-0.1, -0.05) is 19.1 Å². The van der Waals surface area contributed by atoms with Crippen molar-refractivity contribution in [1.29, 1.82) is 0 Å². The lowest BCUT2D eigenvalue weighted by Gasteiger charge is -2.26. The van der Waals surface area contributed by atoms with Crippen molar-refractivity contribution in [3.8, 4) is 0 Å². The molecule has 1 atom stereocenters. The second-order valence-corrected chi connectivity index (χ2v) is 6.28. The SMILES string of the molecule is CCCNC(=O)CN(C)C(=O)CN1CCCC1c1ccc(F)cc1. The summed E-state index contributed by atoms with van der Waals surface area (Å²) in [7, 11) is 1.65. The molecule has 1 aromatic carbocycles. The van der Waals surface area contributed by atoms with Gasteiger partial charge < -0.3 is 10.2 Å². The smallest absolute Gasteiger partial charge is 0.239 e. The lowest BCUT2D eigenvalue weighted by atomic mass is 10.0. The maximum Gasteiger partial charge on any atom is 0.239 e. The molecule has 1 aromatic rings.